The Labute approximate surface area is 135 Å². The van der Waals surface area contributed by atoms with E-state index in [2.05, 4.69) is 25.3 Å². The number of halogens is 2. The van der Waals surface area contributed by atoms with Crippen LogP contribution in [0, 0.1) is 0 Å². The number of hydrogen-bond acceptors (Lipinski definition) is 6. The first-order valence-electron chi connectivity index (χ1n) is 5.91. The van der Waals surface area contributed by atoms with Gasteiger partial charge in [0.1, 0.15) is 17.4 Å². The van der Waals surface area contributed by atoms with Crippen molar-refractivity contribution in [2.45, 2.75) is 5.16 Å². The number of hydrogen-bond donors (Lipinski definition) is 1. The van der Waals surface area contributed by atoms with E-state index in [4.69, 9.17) is 23.2 Å². The van der Waals surface area contributed by atoms with Crippen molar-refractivity contribution in [3.05, 3.63) is 40.8 Å². The minimum Gasteiger partial charge on any atom is -0.338 e. The fourth-order valence-corrected chi connectivity index (χ4v) is 2.38. The summed E-state index contributed by atoms with van der Waals surface area (Å²) in [4.78, 5) is 17.0. The van der Waals surface area contributed by atoms with E-state index in [9.17, 15) is 0 Å². The van der Waals surface area contributed by atoms with Gasteiger partial charge in [0, 0.05) is 5.69 Å². The summed E-state index contributed by atoms with van der Waals surface area (Å²) in [7, 11) is 0. The molecule has 0 saturated carbocycles. The van der Waals surface area contributed by atoms with Crippen molar-refractivity contribution in [3.63, 3.8) is 0 Å². The van der Waals surface area contributed by atoms with Crippen molar-refractivity contribution < 1.29 is 0 Å². The maximum atomic E-state index is 6.01. The Morgan fingerprint density at radius 2 is 1.95 bits per heavy atom. The number of rotatable bonds is 3. The smallest absolute Gasteiger partial charge is 0.188 e. The molecule has 0 saturated heterocycles. The molecule has 3 aromatic rings. The van der Waals surface area contributed by atoms with E-state index in [-0.39, 0.29) is 0 Å². The standard InChI is InChI=1S/C13H9Cl2N5S/c1-21-13-16-5-10-11(20-13)12(18-6-17-10)19-7-2-3-8(14)9(15)4-7/h2-6H,1H3,(H,17,18,19). The van der Waals surface area contributed by atoms with Crippen molar-refractivity contribution in [2.24, 2.45) is 0 Å². The lowest BCUT2D eigenvalue weighted by Crippen LogP contribution is -1.99. The summed E-state index contributed by atoms with van der Waals surface area (Å²) < 4.78 is 0. The first kappa shape index (κ1) is 14.3. The van der Waals surface area contributed by atoms with E-state index in [1.165, 1.54) is 18.1 Å². The summed E-state index contributed by atoms with van der Waals surface area (Å²) in [6, 6.07) is 5.27. The van der Waals surface area contributed by atoms with E-state index in [1.807, 2.05) is 12.3 Å². The highest BCUT2D eigenvalue weighted by Gasteiger charge is 2.08. The highest BCUT2D eigenvalue weighted by atomic mass is 35.5. The van der Waals surface area contributed by atoms with E-state index in [1.54, 1.807) is 18.3 Å². The van der Waals surface area contributed by atoms with Gasteiger partial charge in [0.05, 0.1) is 16.2 Å². The van der Waals surface area contributed by atoms with Gasteiger partial charge in [-0.05, 0) is 24.5 Å². The number of nitrogens with zero attached hydrogens (tertiary/aromatic N) is 4. The van der Waals surface area contributed by atoms with Crippen molar-refractivity contribution >= 4 is 57.5 Å². The molecule has 8 heteroatoms. The van der Waals surface area contributed by atoms with Gasteiger partial charge in [-0.25, -0.2) is 19.9 Å². The fraction of sp³-hybridized carbons (Fsp3) is 0.0769. The zero-order valence-electron chi connectivity index (χ0n) is 10.8. The van der Waals surface area contributed by atoms with Gasteiger partial charge in [0.2, 0.25) is 0 Å². The van der Waals surface area contributed by atoms with Crippen LogP contribution in [0.3, 0.4) is 0 Å². The van der Waals surface area contributed by atoms with Crippen LogP contribution < -0.4 is 5.32 Å². The molecule has 0 bridgehead atoms. The summed E-state index contributed by atoms with van der Waals surface area (Å²) in [6.07, 6.45) is 5.05. The zero-order valence-corrected chi connectivity index (χ0v) is 13.2. The van der Waals surface area contributed by atoms with E-state index < -0.39 is 0 Å². The molecule has 0 fully saturated rings. The maximum Gasteiger partial charge on any atom is 0.188 e. The molecule has 5 nitrogen and oxygen atoms in total. The summed E-state index contributed by atoms with van der Waals surface area (Å²) in [5, 5.41) is 4.81. The summed E-state index contributed by atoms with van der Waals surface area (Å²) in [6.45, 7) is 0. The minimum absolute atomic E-state index is 0.472. The molecule has 1 N–H and O–H groups in total. The van der Waals surface area contributed by atoms with Gasteiger partial charge in [-0.2, -0.15) is 0 Å². The Morgan fingerprint density at radius 1 is 1.10 bits per heavy atom. The highest BCUT2D eigenvalue weighted by molar-refractivity contribution is 7.98. The lowest BCUT2D eigenvalue weighted by Gasteiger charge is -2.08. The summed E-state index contributed by atoms with van der Waals surface area (Å²) >= 11 is 13.4. The van der Waals surface area contributed by atoms with E-state index in [0.717, 1.165) is 5.69 Å². The minimum atomic E-state index is 0.472. The Balaban J connectivity index is 2.05. The predicted octanol–water partition coefficient (Wildman–Crippen LogP) is 4.19. The molecule has 0 unspecified atom stereocenters. The van der Waals surface area contributed by atoms with Crippen molar-refractivity contribution in [1.82, 2.24) is 19.9 Å². The number of thioether (sulfide) groups is 1. The second-order valence-electron chi connectivity index (χ2n) is 4.07. The summed E-state index contributed by atoms with van der Waals surface area (Å²) in [5.41, 5.74) is 2.10. The lowest BCUT2D eigenvalue weighted by atomic mass is 10.3. The van der Waals surface area contributed by atoms with Crippen LogP contribution in [0.25, 0.3) is 11.0 Å². The van der Waals surface area contributed by atoms with Gasteiger partial charge in [-0.1, -0.05) is 35.0 Å². The lowest BCUT2D eigenvalue weighted by molar-refractivity contribution is 0.993. The molecule has 0 amide bonds. The Morgan fingerprint density at radius 3 is 2.71 bits per heavy atom. The molecule has 21 heavy (non-hydrogen) atoms. The van der Waals surface area contributed by atoms with Crippen molar-refractivity contribution in [3.8, 4) is 0 Å². The van der Waals surface area contributed by atoms with Gasteiger partial charge in [-0.15, -0.1) is 0 Å². The zero-order chi connectivity index (χ0) is 14.8. The molecule has 3 rings (SSSR count). The first-order valence-corrected chi connectivity index (χ1v) is 7.89. The molecule has 0 spiro atoms. The number of aromatic nitrogens is 4. The quantitative estimate of drug-likeness (QED) is 0.571. The van der Waals surface area contributed by atoms with Crippen LogP contribution in [0.15, 0.2) is 35.9 Å². The molecule has 106 valence electrons. The maximum absolute atomic E-state index is 6.01. The van der Waals surface area contributed by atoms with Crippen LogP contribution in [0.5, 0.6) is 0 Å². The fourth-order valence-electron chi connectivity index (χ4n) is 1.74. The van der Waals surface area contributed by atoms with Crippen molar-refractivity contribution in [2.75, 3.05) is 11.6 Å². The molecule has 2 aromatic heterocycles. The Kier molecular flexibility index (Phi) is 4.10. The predicted molar refractivity (Wildman–Crippen MR) is 86.7 cm³/mol. The molecule has 1 aromatic carbocycles. The van der Waals surface area contributed by atoms with Gasteiger partial charge in [-0.3, -0.25) is 0 Å². The molecule has 0 aliphatic rings. The third-order valence-electron chi connectivity index (χ3n) is 2.72. The van der Waals surface area contributed by atoms with Gasteiger partial charge in [0.15, 0.2) is 11.0 Å². The Hall–Kier alpha value is -1.63. The van der Waals surface area contributed by atoms with Crippen LogP contribution >= 0.6 is 35.0 Å². The normalized spacial score (nSPS) is 10.8. The SMILES string of the molecule is CSc1ncc2ncnc(Nc3ccc(Cl)c(Cl)c3)c2n1. The summed E-state index contributed by atoms with van der Waals surface area (Å²) in [5.74, 6) is 0.594. The number of nitrogens with one attached hydrogen (secondary N) is 1. The average Bonchev–Trinajstić information content (AvgIpc) is 2.51. The van der Waals surface area contributed by atoms with E-state index >= 15 is 0 Å². The second-order valence-corrected chi connectivity index (χ2v) is 5.65. The third-order valence-corrected chi connectivity index (χ3v) is 4.02. The van der Waals surface area contributed by atoms with Gasteiger partial charge < -0.3 is 5.32 Å². The number of fused-ring (bicyclic) bond motifs is 1. The van der Waals surface area contributed by atoms with Crippen LogP contribution in [0.1, 0.15) is 0 Å². The van der Waals surface area contributed by atoms with Crippen molar-refractivity contribution in [1.29, 1.82) is 0 Å². The molecule has 0 atom stereocenters. The largest absolute Gasteiger partial charge is 0.338 e. The molecular formula is C13H9Cl2N5S. The monoisotopic (exact) mass is 337 g/mol. The molecule has 0 aliphatic heterocycles. The highest BCUT2D eigenvalue weighted by Crippen LogP contribution is 2.28. The van der Waals surface area contributed by atoms with Crippen LogP contribution in [-0.4, -0.2) is 26.2 Å². The molecule has 0 radical (unpaired) electrons. The van der Waals surface area contributed by atoms with Crippen LogP contribution in [0.2, 0.25) is 10.0 Å². The first-order chi connectivity index (χ1) is 10.2. The average molecular weight is 338 g/mol. The van der Waals surface area contributed by atoms with Gasteiger partial charge in [0.25, 0.3) is 0 Å². The third kappa shape index (κ3) is 3.02. The topological polar surface area (TPSA) is 63.6 Å². The van der Waals surface area contributed by atoms with E-state index in [0.29, 0.717) is 32.1 Å². The van der Waals surface area contributed by atoms with Crippen LogP contribution in [0.4, 0.5) is 11.5 Å². The number of benzene rings is 1. The molecule has 0 aliphatic carbocycles. The molecule has 2 heterocycles. The van der Waals surface area contributed by atoms with Gasteiger partial charge >= 0.3 is 0 Å². The number of anilines is 2. The second kappa shape index (κ2) is 6.01. The Bertz CT molecular complexity index is 812. The van der Waals surface area contributed by atoms with Crippen LogP contribution in [-0.2, 0) is 0 Å². The molecular weight excluding hydrogens is 329 g/mol.